The molecule has 0 aliphatic carbocycles. The Bertz CT molecular complexity index is 6070. The first-order valence-corrected chi connectivity index (χ1v) is 35.7. The fraction of sp³-hybridized carbons (Fsp3) is 0.207. The van der Waals surface area contributed by atoms with Crippen LogP contribution in [0.15, 0.2) is 256 Å². The summed E-state index contributed by atoms with van der Waals surface area (Å²) in [6.45, 7) is 38.0. The van der Waals surface area contributed by atoms with Gasteiger partial charge in [-0.05, 0) is 142 Å². The van der Waals surface area contributed by atoms with Crippen LogP contribution < -0.4 is 36.5 Å². The van der Waals surface area contributed by atoms with Gasteiger partial charge in [0.2, 0.25) is 58.6 Å². The minimum atomic E-state index is 0.0292. The van der Waals surface area contributed by atoms with Crippen molar-refractivity contribution in [3.63, 3.8) is 0 Å². The van der Waals surface area contributed by atoms with Gasteiger partial charge >= 0.3 is 23.6 Å². The minimum absolute atomic E-state index is 0.0292. The first-order chi connectivity index (χ1) is 50.4. The second kappa shape index (κ2) is 29.2. The molecule has 0 amide bonds. The maximum absolute atomic E-state index is 7.54. The monoisotopic (exact) mass is 1390 g/mol. The van der Waals surface area contributed by atoms with Gasteiger partial charge in [-0.25, -0.2) is 4.85 Å². The highest BCUT2D eigenvalue weighted by molar-refractivity contribution is 5.83. The van der Waals surface area contributed by atoms with E-state index in [2.05, 4.69) is 284 Å². The van der Waals surface area contributed by atoms with Crippen molar-refractivity contribution >= 4 is 49.0 Å². The van der Waals surface area contributed by atoms with Gasteiger partial charge in [0.05, 0.1) is 28.8 Å². The summed E-state index contributed by atoms with van der Waals surface area (Å²) >= 11 is 0. The van der Waals surface area contributed by atoms with Crippen molar-refractivity contribution in [2.24, 2.45) is 28.2 Å². The Morgan fingerprint density at radius 3 is 1.23 bits per heavy atom. The SMILES string of the molecule is Cc1c(-c2occ[n+]2C)cc(C(C)(C)C)cc1-[n+]1c(C)ccc2ccccc21.Cc1cc(-c2occ[n+]2C)c(C)c(-[n+]2cc3ccccc3cc2C)c1.Cc1cc(C)c(-[n+]2cc3ccccc3cc2C)c(C)c1-c1occ[n+]1C.[C-]#[N+]c1cc(-c2occ[n+]2C)c(C)c(-[n+]2c(C)ccc3ccccc32)c1. The zero-order valence-corrected chi connectivity index (χ0v) is 63.7. The standard InChI is InChI=1S/C25H28N2O.C23H24N2O.C22H19N3O.C22H22N2O/c1-17-11-12-19-9-7-8-10-22(19)27(17)23-16-20(25(3,4)5)15-21(18(23)2)24-26(6)13-14-28-24;1-15-12-16(2)22(18(4)21(15)23-24(5)10-11-26-23)25-14-20-9-7-6-8-19(20)13-17(25)3;1-15-9-10-17-7-5-6-8-20(17)25(15)21-14-18(23-3)13-19(16(21)2)22-24(4)11-12-26-22;1-15-11-20(22-23(4)9-10-25-22)17(3)21(12-15)24-14-19-8-6-5-7-18(19)13-16(24)2/h7-16H,1-6H3;6-14H,1-5H3;5-14H,1-2,4H3;5-14H,1-4H3/q4*+2. The summed E-state index contributed by atoms with van der Waals surface area (Å²) in [5, 5.41) is 7.40. The molecule has 0 N–H and O–H groups in total. The molecule has 0 unspecified atom stereocenters. The highest BCUT2D eigenvalue weighted by Crippen LogP contribution is 2.36. The maximum Gasteiger partial charge on any atom is 0.381 e. The third-order valence-electron chi connectivity index (χ3n) is 20.3. The van der Waals surface area contributed by atoms with E-state index in [0.717, 1.165) is 73.7 Å². The van der Waals surface area contributed by atoms with Gasteiger partial charge in [-0.15, -0.1) is 0 Å². The molecule has 0 radical (unpaired) electrons. The molecule has 8 aromatic carbocycles. The van der Waals surface area contributed by atoms with Crippen molar-refractivity contribution in [3.05, 3.63) is 317 Å². The number of aryl methyl sites for hydroxylation is 11. The molecule has 0 saturated carbocycles. The van der Waals surface area contributed by atoms with E-state index in [1.807, 2.05) is 95.5 Å². The zero-order valence-electron chi connectivity index (χ0n) is 63.7. The van der Waals surface area contributed by atoms with Gasteiger partial charge < -0.3 is 17.7 Å². The van der Waals surface area contributed by atoms with Crippen LogP contribution in [0, 0.1) is 82.7 Å². The number of aromatic nitrogens is 8. The lowest BCUT2D eigenvalue weighted by molar-refractivity contribution is -0.662. The highest BCUT2D eigenvalue weighted by atomic mass is 16.4. The Morgan fingerprint density at radius 2 is 0.762 bits per heavy atom. The lowest BCUT2D eigenvalue weighted by atomic mass is 9.84. The van der Waals surface area contributed by atoms with E-state index in [-0.39, 0.29) is 5.41 Å². The third kappa shape index (κ3) is 14.0. The molecule has 0 bridgehead atoms. The largest absolute Gasteiger partial charge is 0.406 e. The molecule has 13 nitrogen and oxygen atoms in total. The topological polar surface area (TPSA) is 88.0 Å². The van der Waals surface area contributed by atoms with E-state index in [9.17, 15) is 0 Å². The molecule has 8 heterocycles. The van der Waals surface area contributed by atoms with E-state index < -0.39 is 0 Å². The Labute approximate surface area is 615 Å². The zero-order chi connectivity index (χ0) is 74.3. The number of oxazole rings is 4. The summed E-state index contributed by atoms with van der Waals surface area (Å²) in [5.41, 5.74) is 26.4. The van der Waals surface area contributed by atoms with Gasteiger partial charge in [0, 0.05) is 132 Å². The normalized spacial score (nSPS) is 11.3. The van der Waals surface area contributed by atoms with Gasteiger partial charge in [-0.3, -0.25) is 0 Å². The smallest absolute Gasteiger partial charge is 0.381 e. The molecule has 0 aliphatic rings. The Hall–Kier alpha value is -12.3. The Kier molecular flexibility index (Phi) is 19.8. The first-order valence-electron chi connectivity index (χ1n) is 35.7. The van der Waals surface area contributed by atoms with Crippen LogP contribution >= 0.6 is 0 Å². The molecule has 0 atom stereocenters. The molecule has 522 valence electrons. The van der Waals surface area contributed by atoms with Gasteiger partial charge in [0.15, 0.2) is 65.9 Å². The molecule has 105 heavy (non-hydrogen) atoms. The van der Waals surface area contributed by atoms with Crippen molar-refractivity contribution in [1.82, 2.24) is 0 Å². The second-order valence-electron chi connectivity index (χ2n) is 28.8. The summed E-state index contributed by atoms with van der Waals surface area (Å²) in [6.07, 6.45) is 19.0. The summed E-state index contributed by atoms with van der Waals surface area (Å²) in [4.78, 5) is 3.69. The molecular formula is C92H93N9O4+8. The van der Waals surface area contributed by atoms with Crippen LogP contribution in [-0.2, 0) is 33.6 Å². The van der Waals surface area contributed by atoms with E-state index in [0.29, 0.717) is 5.69 Å². The fourth-order valence-electron chi connectivity index (χ4n) is 14.7. The van der Waals surface area contributed by atoms with Gasteiger partial charge in [0.25, 0.3) is 0 Å². The van der Waals surface area contributed by atoms with Crippen LogP contribution in [0.4, 0.5) is 5.69 Å². The van der Waals surface area contributed by atoms with Crippen LogP contribution in [0.3, 0.4) is 0 Å². The number of pyridine rings is 4. The Balaban J connectivity index is 0.000000124. The number of rotatable bonds is 8. The van der Waals surface area contributed by atoms with Crippen LogP contribution in [0.25, 0.3) is 117 Å². The number of fused-ring (bicyclic) bond motifs is 4. The summed E-state index contributed by atoms with van der Waals surface area (Å²) in [7, 11) is 8.00. The average molecular weight is 1390 g/mol. The highest BCUT2D eigenvalue weighted by Gasteiger charge is 2.32. The van der Waals surface area contributed by atoms with Crippen molar-refractivity contribution in [3.8, 4) is 68.6 Å². The summed E-state index contributed by atoms with van der Waals surface area (Å²) in [6, 6.07) is 62.1. The van der Waals surface area contributed by atoms with Gasteiger partial charge in [0.1, 0.15) is 28.2 Å². The van der Waals surface area contributed by atoms with Crippen molar-refractivity contribution < 1.29 is 54.2 Å². The van der Waals surface area contributed by atoms with E-state index in [1.165, 1.54) is 106 Å². The first kappa shape index (κ1) is 71.1. The molecule has 8 aromatic heterocycles. The quantitative estimate of drug-likeness (QED) is 0.112. The van der Waals surface area contributed by atoms with Crippen LogP contribution in [-0.4, -0.2) is 0 Å². The predicted octanol–water partition coefficient (Wildman–Crippen LogP) is 18.0. The van der Waals surface area contributed by atoms with Crippen LogP contribution in [0.1, 0.15) is 88.1 Å². The van der Waals surface area contributed by atoms with Crippen LogP contribution in [0.2, 0.25) is 0 Å². The molecule has 0 spiro atoms. The Morgan fingerprint density at radius 1 is 0.352 bits per heavy atom. The lowest BCUT2D eigenvalue weighted by Crippen LogP contribution is -2.37. The average Bonchev–Trinajstić information content (AvgIpc) is 1.63. The number of nitrogens with zero attached hydrogens (tertiary/aromatic N) is 9. The van der Waals surface area contributed by atoms with Crippen molar-refractivity contribution in [2.45, 2.75) is 102 Å². The number of para-hydroxylation sites is 2. The van der Waals surface area contributed by atoms with Crippen LogP contribution in [0.5, 0.6) is 0 Å². The van der Waals surface area contributed by atoms with Crippen molar-refractivity contribution in [1.29, 1.82) is 0 Å². The van der Waals surface area contributed by atoms with E-state index in [1.54, 1.807) is 25.1 Å². The number of hydrogen-bond donors (Lipinski definition) is 0. The van der Waals surface area contributed by atoms with Gasteiger partial charge in [-0.2, -0.15) is 36.5 Å². The molecule has 0 fully saturated rings. The molecule has 0 saturated heterocycles. The number of hydrogen-bond acceptors (Lipinski definition) is 4. The predicted molar refractivity (Wildman–Crippen MR) is 415 cm³/mol. The molecule has 0 aliphatic heterocycles. The molecule has 16 aromatic rings. The summed E-state index contributed by atoms with van der Waals surface area (Å²) in [5.74, 6) is 3.39. The molecule has 13 heteroatoms. The van der Waals surface area contributed by atoms with Gasteiger partial charge in [-0.1, -0.05) is 81.4 Å². The molecular weight excluding hydrogens is 1300 g/mol. The summed E-state index contributed by atoms with van der Waals surface area (Å²) < 4.78 is 40.3. The lowest BCUT2D eigenvalue weighted by Gasteiger charge is -2.21. The number of benzene rings is 8. The van der Waals surface area contributed by atoms with Crippen molar-refractivity contribution in [2.75, 3.05) is 0 Å². The fourth-order valence-corrected chi connectivity index (χ4v) is 14.7. The maximum atomic E-state index is 7.54. The van der Waals surface area contributed by atoms with E-state index >= 15 is 0 Å². The third-order valence-corrected chi connectivity index (χ3v) is 20.3. The van der Waals surface area contributed by atoms with E-state index in [4.69, 9.17) is 24.2 Å². The molecule has 16 rings (SSSR count). The second-order valence-corrected chi connectivity index (χ2v) is 28.8. The minimum Gasteiger partial charge on any atom is -0.406 e.